The van der Waals surface area contributed by atoms with Crippen molar-refractivity contribution in [2.45, 2.75) is 58.3 Å². The van der Waals surface area contributed by atoms with E-state index in [0.717, 1.165) is 25.7 Å². The lowest BCUT2D eigenvalue weighted by Crippen LogP contribution is -2.48. The maximum Gasteiger partial charge on any atom is 0.191 e. The van der Waals surface area contributed by atoms with Crippen LogP contribution in [0.4, 0.5) is 0 Å². The van der Waals surface area contributed by atoms with Gasteiger partial charge in [0.2, 0.25) is 0 Å². The monoisotopic (exact) mass is 252 g/mol. The summed E-state index contributed by atoms with van der Waals surface area (Å²) in [4.78, 5) is 4.10. The van der Waals surface area contributed by atoms with Gasteiger partial charge in [-0.05, 0) is 12.8 Å². The highest BCUT2D eigenvalue weighted by molar-refractivity contribution is 4.99. The normalized spacial score (nSPS) is 28.4. The lowest BCUT2D eigenvalue weighted by molar-refractivity contribution is -0.248. The minimum atomic E-state index is -1.09. The van der Waals surface area contributed by atoms with Crippen molar-refractivity contribution in [2.24, 2.45) is 5.41 Å². The number of nitrogens with zero attached hydrogens (tertiary/aromatic N) is 2. The second kappa shape index (κ2) is 5.02. The highest BCUT2D eigenvalue weighted by atomic mass is 16.6. The van der Waals surface area contributed by atoms with Crippen molar-refractivity contribution in [1.82, 2.24) is 9.55 Å². The molecule has 0 radical (unpaired) electrons. The molecule has 2 atom stereocenters. The van der Waals surface area contributed by atoms with Crippen molar-refractivity contribution in [2.75, 3.05) is 6.61 Å². The third kappa shape index (κ3) is 2.19. The summed E-state index contributed by atoms with van der Waals surface area (Å²) < 4.78 is 7.73. The van der Waals surface area contributed by atoms with Gasteiger partial charge >= 0.3 is 0 Å². The Morgan fingerprint density at radius 2 is 2.28 bits per heavy atom. The molecule has 1 aliphatic heterocycles. The highest BCUT2D eigenvalue weighted by Gasteiger charge is 2.54. The Balaban J connectivity index is 2.28. The second-order valence-corrected chi connectivity index (χ2v) is 5.85. The van der Waals surface area contributed by atoms with Crippen molar-refractivity contribution >= 4 is 0 Å². The van der Waals surface area contributed by atoms with Crippen LogP contribution in [0.25, 0.3) is 0 Å². The summed E-state index contributed by atoms with van der Waals surface area (Å²) in [6, 6.07) is -0.0579. The second-order valence-electron chi connectivity index (χ2n) is 5.85. The number of hydrogen-bond acceptors (Lipinski definition) is 3. The molecular formula is C14H24N2O2. The van der Waals surface area contributed by atoms with Gasteiger partial charge in [-0.1, -0.05) is 33.6 Å². The molecule has 1 N–H and O–H groups in total. The van der Waals surface area contributed by atoms with E-state index in [2.05, 4.69) is 25.8 Å². The molecule has 2 heterocycles. The average molecular weight is 252 g/mol. The van der Waals surface area contributed by atoms with Crippen molar-refractivity contribution in [1.29, 1.82) is 0 Å². The molecule has 4 nitrogen and oxygen atoms in total. The molecule has 2 rings (SSSR count). The van der Waals surface area contributed by atoms with E-state index < -0.39 is 5.79 Å². The maximum absolute atomic E-state index is 11.0. The number of rotatable bonds is 5. The van der Waals surface area contributed by atoms with Crippen LogP contribution in [0.3, 0.4) is 0 Å². The number of imidazole rings is 1. The lowest BCUT2D eigenvalue weighted by atomic mass is 9.77. The number of unbranched alkanes of at least 4 members (excludes halogenated alkanes) is 1. The van der Waals surface area contributed by atoms with E-state index >= 15 is 0 Å². The zero-order valence-corrected chi connectivity index (χ0v) is 11.6. The Bertz CT molecular complexity index is 375. The van der Waals surface area contributed by atoms with Crippen molar-refractivity contribution in [3.63, 3.8) is 0 Å². The van der Waals surface area contributed by atoms with E-state index in [-0.39, 0.29) is 11.5 Å². The first-order valence-electron chi connectivity index (χ1n) is 6.85. The van der Waals surface area contributed by atoms with Crippen LogP contribution in [-0.2, 0) is 4.74 Å². The van der Waals surface area contributed by atoms with Gasteiger partial charge in [0.15, 0.2) is 5.79 Å². The molecule has 1 aromatic rings. The molecule has 18 heavy (non-hydrogen) atoms. The van der Waals surface area contributed by atoms with Crippen LogP contribution in [0.1, 0.15) is 52.5 Å². The predicted octanol–water partition coefficient (Wildman–Crippen LogP) is 2.75. The summed E-state index contributed by atoms with van der Waals surface area (Å²) in [7, 11) is 0. The van der Waals surface area contributed by atoms with E-state index in [1.165, 1.54) is 0 Å². The Morgan fingerprint density at radius 3 is 2.78 bits per heavy atom. The Labute approximate surface area is 109 Å². The van der Waals surface area contributed by atoms with E-state index in [1.54, 1.807) is 12.5 Å². The summed E-state index contributed by atoms with van der Waals surface area (Å²) in [5, 5.41) is 11.0. The minimum Gasteiger partial charge on any atom is -0.363 e. The first-order valence-corrected chi connectivity index (χ1v) is 6.85. The van der Waals surface area contributed by atoms with Crippen molar-refractivity contribution in [3.8, 4) is 0 Å². The van der Waals surface area contributed by atoms with Gasteiger partial charge in [-0.25, -0.2) is 4.98 Å². The molecule has 102 valence electrons. The van der Waals surface area contributed by atoms with E-state index in [1.807, 2.05) is 10.8 Å². The summed E-state index contributed by atoms with van der Waals surface area (Å²) in [5.41, 5.74) is -0.227. The standard InChI is InChI=1S/C14H24N2O2/c1-4-5-6-12(16-9-8-15-11-16)14(17)13(2,3)7-10-18-14/h8-9,11-12,17H,4-7,10H2,1-3H3. The van der Waals surface area contributed by atoms with Gasteiger partial charge in [-0.15, -0.1) is 0 Å². The Morgan fingerprint density at radius 1 is 1.50 bits per heavy atom. The van der Waals surface area contributed by atoms with Crippen molar-refractivity contribution in [3.05, 3.63) is 18.7 Å². The number of aromatic nitrogens is 2. The number of aliphatic hydroxyl groups is 1. The summed E-state index contributed by atoms with van der Waals surface area (Å²) in [6.45, 7) is 6.95. The van der Waals surface area contributed by atoms with Crippen LogP contribution >= 0.6 is 0 Å². The van der Waals surface area contributed by atoms with Crippen LogP contribution < -0.4 is 0 Å². The van der Waals surface area contributed by atoms with Gasteiger partial charge in [0.25, 0.3) is 0 Å². The SMILES string of the molecule is CCCCC(n1ccnc1)C1(O)OCCC1(C)C. The zero-order chi connectivity index (χ0) is 13.2. The third-order valence-corrected chi connectivity index (χ3v) is 4.19. The largest absolute Gasteiger partial charge is 0.363 e. The average Bonchev–Trinajstić information content (AvgIpc) is 2.90. The van der Waals surface area contributed by atoms with Gasteiger partial charge in [0.1, 0.15) is 0 Å². The zero-order valence-electron chi connectivity index (χ0n) is 11.6. The quantitative estimate of drug-likeness (QED) is 0.876. The third-order valence-electron chi connectivity index (χ3n) is 4.19. The molecular weight excluding hydrogens is 228 g/mol. The van der Waals surface area contributed by atoms with Crippen LogP contribution in [0.2, 0.25) is 0 Å². The van der Waals surface area contributed by atoms with E-state index in [0.29, 0.717) is 6.61 Å². The molecule has 2 unspecified atom stereocenters. The first-order chi connectivity index (χ1) is 8.51. The highest BCUT2D eigenvalue weighted by Crippen LogP contribution is 2.49. The van der Waals surface area contributed by atoms with Crippen LogP contribution in [0, 0.1) is 5.41 Å². The Hall–Kier alpha value is -0.870. The molecule has 0 aliphatic carbocycles. The van der Waals surface area contributed by atoms with E-state index in [9.17, 15) is 5.11 Å². The molecule has 0 amide bonds. The lowest BCUT2D eigenvalue weighted by Gasteiger charge is -2.41. The molecule has 1 fully saturated rings. The molecule has 1 aliphatic rings. The van der Waals surface area contributed by atoms with Gasteiger partial charge < -0.3 is 14.4 Å². The summed E-state index contributed by atoms with van der Waals surface area (Å²) >= 11 is 0. The number of ether oxygens (including phenoxy) is 1. The summed E-state index contributed by atoms with van der Waals surface area (Å²) in [6.07, 6.45) is 9.43. The van der Waals surface area contributed by atoms with Crippen LogP contribution in [0.5, 0.6) is 0 Å². The van der Waals surface area contributed by atoms with E-state index in [4.69, 9.17) is 4.74 Å². The smallest absolute Gasteiger partial charge is 0.191 e. The van der Waals surface area contributed by atoms with Gasteiger partial charge in [-0.2, -0.15) is 0 Å². The van der Waals surface area contributed by atoms with Gasteiger partial charge in [0, 0.05) is 17.8 Å². The van der Waals surface area contributed by atoms with Gasteiger partial charge in [-0.3, -0.25) is 0 Å². The molecule has 1 aromatic heterocycles. The first kappa shape index (κ1) is 13.6. The summed E-state index contributed by atoms with van der Waals surface area (Å²) in [5.74, 6) is -1.09. The minimum absolute atomic E-state index is 0.0579. The number of hydrogen-bond donors (Lipinski definition) is 1. The fourth-order valence-corrected chi connectivity index (χ4v) is 2.78. The molecule has 0 aromatic carbocycles. The fourth-order valence-electron chi connectivity index (χ4n) is 2.78. The van der Waals surface area contributed by atoms with Gasteiger partial charge in [0.05, 0.1) is 19.0 Å². The predicted molar refractivity (Wildman–Crippen MR) is 70.1 cm³/mol. The molecule has 4 heteroatoms. The van der Waals surface area contributed by atoms with Crippen LogP contribution in [0.15, 0.2) is 18.7 Å². The van der Waals surface area contributed by atoms with Crippen LogP contribution in [-0.4, -0.2) is 27.1 Å². The Kier molecular flexibility index (Phi) is 3.78. The molecule has 0 spiro atoms. The molecule has 1 saturated heterocycles. The molecule has 0 bridgehead atoms. The van der Waals surface area contributed by atoms with Crippen molar-refractivity contribution < 1.29 is 9.84 Å². The maximum atomic E-state index is 11.0. The fraction of sp³-hybridized carbons (Fsp3) is 0.786. The topological polar surface area (TPSA) is 47.3 Å². The molecule has 0 saturated carbocycles.